The summed E-state index contributed by atoms with van der Waals surface area (Å²) in [4.78, 5) is 0. The number of rotatable bonds is 1. The number of hydrogen-bond acceptors (Lipinski definition) is 0. The highest BCUT2D eigenvalue weighted by Crippen LogP contribution is 2.45. The third kappa shape index (κ3) is 2.05. The minimum atomic E-state index is -6.26. The minimum Gasteiger partial charge on any atom is -0.204 e. The Morgan fingerprint density at radius 1 is 0.706 bits per heavy atom. The second kappa shape index (κ2) is 3.81. The molecule has 1 aromatic carbocycles. The largest absolute Gasteiger partial charge is 0.458 e. The molecule has 0 nitrogen and oxygen atoms in total. The molecule has 0 aliphatic rings. The summed E-state index contributed by atoms with van der Waals surface area (Å²) in [5.74, 6) is -16.2. The van der Waals surface area contributed by atoms with Crippen LogP contribution in [0.3, 0.4) is 0 Å². The van der Waals surface area contributed by atoms with Crippen molar-refractivity contribution in [2.45, 2.75) is 12.1 Å². The molecule has 0 amide bonds. The van der Waals surface area contributed by atoms with Gasteiger partial charge in [0.2, 0.25) is 0 Å². The van der Waals surface area contributed by atoms with Crippen LogP contribution in [-0.4, -0.2) is 6.18 Å². The Labute approximate surface area is 87.7 Å². The van der Waals surface area contributed by atoms with Gasteiger partial charge in [-0.1, -0.05) is 0 Å². The summed E-state index contributed by atoms with van der Waals surface area (Å²) in [6, 6.07) is -0.735. The van der Waals surface area contributed by atoms with Gasteiger partial charge in [-0.15, -0.1) is 0 Å². The highest BCUT2D eigenvalue weighted by atomic mass is 19.4. The number of benzene rings is 1. The van der Waals surface area contributed by atoms with E-state index >= 15 is 0 Å². The van der Waals surface area contributed by atoms with Crippen molar-refractivity contribution in [3.05, 3.63) is 34.9 Å². The van der Waals surface area contributed by atoms with E-state index in [1.165, 1.54) is 0 Å². The molecule has 1 aromatic rings. The van der Waals surface area contributed by atoms with Gasteiger partial charge in [-0.3, -0.25) is 0 Å². The van der Waals surface area contributed by atoms with Crippen LogP contribution < -0.4 is 0 Å². The maximum absolute atomic E-state index is 12.7. The number of hydrogen-bond donors (Lipinski definition) is 0. The van der Waals surface area contributed by atoms with Crippen molar-refractivity contribution < 1.29 is 39.5 Å². The molecular formula is C8HF9. The van der Waals surface area contributed by atoms with Crippen molar-refractivity contribution in [3.63, 3.8) is 0 Å². The number of alkyl halides is 5. The van der Waals surface area contributed by atoms with Crippen molar-refractivity contribution in [3.8, 4) is 0 Å². The first-order valence-electron chi connectivity index (χ1n) is 3.78. The molecule has 0 N–H and O–H groups in total. The molecule has 0 spiro atoms. The second-order valence-electron chi connectivity index (χ2n) is 2.92. The highest BCUT2D eigenvalue weighted by Gasteiger charge is 2.60. The summed E-state index contributed by atoms with van der Waals surface area (Å²) in [5.41, 5.74) is -2.61. The molecule has 0 saturated heterocycles. The van der Waals surface area contributed by atoms with E-state index in [9.17, 15) is 39.5 Å². The molecule has 17 heavy (non-hydrogen) atoms. The molecule has 0 bridgehead atoms. The van der Waals surface area contributed by atoms with Gasteiger partial charge in [-0.2, -0.15) is 22.0 Å². The lowest BCUT2D eigenvalue weighted by Gasteiger charge is -2.20. The summed E-state index contributed by atoms with van der Waals surface area (Å²) in [5, 5.41) is 0. The van der Waals surface area contributed by atoms with Crippen LogP contribution in [0.2, 0.25) is 0 Å². The van der Waals surface area contributed by atoms with Gasteiger partial charge in [0.25, 0.3) is 0 Å². The fourth-order valence-electron chi connectivity index (χ4n) is 0.954. The Bertz CT molecular complexity index is 445. The minimum absolute atomic E-state index is 0.735. The normalized spacial score (nSPS) is 13.0. The second-order valence-corrected chi connectivity index (χ2v) is 2.92. The molecule has 0 unspecified atom stereocenters. The van der Waals surface area contributed by atoms with Crippen molar-refractivity contribution in [1.82, 2.24) is 0 Å². The molecule has 9 heteroatoms. The van der Waals surface area contributed by atoms with Crippen LogP contribution in [0.15, 0.2) is 6.07 Å². The SMILES string of the molecule is Fc1cc(C(F)(F)C(F)(F)F)c(F)c(F)c1F. The van der Waals surface area contributed by atoms with E-state index in [1.807, 2.05) is 0 Å². The summed E-state index contributed by atoms with van der Waals surface area (Å²) < 4.78 is 111. The monoisotopic (exact) mass is 268 g/mol. The van der Waals surface area contributed by atoms with Crippen LogP contribution in [0.5, 0.6) is 0 Å². The standard InChI is InChI=1S/C8HF9/c9-3-1-2(4(10)6(12)5(3)11)7(13,14)8(15,16)17/h1H. The Morgan fingerprint density at radius 2 is 1.18 bits per heavy atom. The Kier molecular flexibility index (Phi) is 3.06. The molecule has 0 atom stereocenters. The molecule has 96 valence electrons. The average molecular weight is 268 g/mol. The zero-order valence-electron chi connectivity index (χ0n) is 7.48. The van der Waals surface area contributed by atoms with Crippen LogP contribution >= 0.6 is 0 Å². The van der Waals surface area contributed by atoms with Crippen LogP contribution in [-0.2, 0) is 5.92 Å². The van der Waals surface area contributed by atoms with Gasteiger partial charge in [0.15, 0.2) is 23.3 Å². The third-order valence-corrected chi connectivity index (χ3v) is 1.80. The van der Waals surface area contributed by atoms with Crippen molar-refractivity contribution in [1.29, 1.82) is 0 Å². The van der Waals surface area contributed by atoms with Gasteiger partial charge in [-0.25, -0.2) is 17.6 Å². The maximum atomic E-state index is 12.7. The van der Waals surface area contributed by atoms with E-state index in [0.29, 0.717) is 0 Å². The van der Waals surface area contributed by atoms with Crippen LogP contribution in [0.25, 0.3) is 0 Å². The highest BCUT2D eigenvalue weighted by molar-refractivity contribution is 5.27. The predicted octanol–water partition coefficient (Wildman–Crippen LogP) is 3.90. The van der Waals surface area contributed by atoms with Gasteiger partial charge in [0.1, 0.15) is 0 Å². The fraction of sp³-hybridized carbons (Fsp3) is 0.250. The van der Waals surface area contributed by atoms with Crippen molar-refractivity contribution >= 4 is 0 Å². The van der Waals surface area contributed by atoms with Crippen LogP contribution in [0.4, 0.5) is 39.5 Å². The third-order valence-electron chi connectivity index (χ3n) is 1.80. The topological polar surface area (TPSA) is 0 Å². The Balaban J connectivity index is 3.54. The van der Waals surface area contributed by atoms with E-state index < -0.39 is 47.0 Å². The molecule has 0 aromatic heterocycles. The van der Waals surface area contributed by atoms with Gasteiger partial charge < -0.3 is 0 Å². The lowest BCUT2D eigenvalue weighted by Crippen LogP contribution is -2.35. The quantitative estimate of drug-likeness (QED) is 0.411. The molecule has 0 fully saturated rings. The summed E-state index contributed by atoms with van der Waals surface area (Å²) in [7, 11) is 0. The maximum Gasteiger partial charge on any atom is 0.458 e. The Morgan fingerprint density at radius 3 is 1.59 bits per heavy atom. The van der Waals surface area contributed by atoms with Crippen LogP contribution in [0, 0.1) is 23.3 Å². The molecule has 0 aliphatic carbocycles. The summed E-state index contributed by atoms with van der Waals surface area (Å²) >= 11 is 0. The molecular weight excluding hydrogens is 267 g/mol. The molecule has 0 radical (unpaired) electrons. The molecule has 0 aliphatic heterocycles. The van der Waals surface area contributed by atoms with Crippen molar-refractivity contribution in [2.75, 3.05) is 0 Å². The zero-order chi connectivity index (χ0) is 13.6. The zero-order valence-corrected chi connectivity index (χ0v) is 7.48. The summed E-state index contributed by atoms with van der Waals surface area (Å²) in [6.45, 7) is 0. The van der Waals surface area contributed by atoms with E-state index in [1.54, 1.807) is 0 Å². The smallest absolute Gasteiger partial charge is 0.204 e. The molecule has 1 rings (SSSR count). The lowest BCUT2D eigenvalue weighted by molar-refractivity contribution is -0.290. The first-order chi connectivity index (χ1) is 7.50. The van der Waals surface area contributed by atoms with E-state index in [4.69, 9.17) is 0 Å². The Hall–Kier alpha value is -1.41. The lowest BCUT2D eigenvalue weighted by atomic mass is 10.1. The van der Waals surface area contributed by atoms with Crippen LogP contribution in [0.1, 0.15) is 5.56 Å². The number of halogens is 9. The fourth-order valence-corrected chi connectivity index (χ4v) is 0.954. The average Bonchev–Trinajstić information content (AvgIpc) is 2.18. The van der Waals surface area contributed by atoms with E-state index in [2.05, 4.69) is 0 Å². The van der Waals surface area contributed by atoms with Gasteiger partial charge in [0, 0.05) is 0 Å². The van der Waals surface area contributed by atoms with Crippen molar-refractivity contribution in [2.24, 2.45) is 0 Å². The predicted molar refractivity (Wildman–Crippen MR) is 36.2 cm³/mol. The summed E-state index contributed by atoms with van der Waals surface area (Å²) in [6.07, 6.45) is -6.26. The molecule has 0 heterocycles. The van der Waals surface area contributed by atoms with E-state index in [0.717, 1.165) is 0 Å². The van der Waals surface area contributed by atoms with Gasteiger partial charge >= 0.3 is 12.1 Å². The molecule has 0 saturated carbocycles. The first kappa shape index (κ1) is 13.7. The van der Waals surface area contributed by atoms with Gasteiger partial charge in [-0.05, 0) is 6.07 Å². The van der Waals surface area contributed by atoms with Gasteiger partial charge in [0.05, 0.1) is 5.56 Å². The van der Waals surface area contributed by atoms with E-state index in [-0.39, 0.29) is 0 Å². The first-order valence-corrected chi connectivity index (χ1v) is 3.78.